The van der Waals surface area contributed by atoms with Gasteiger partial charge >= 0.3 is 0 Å². The summed E-state index contributed by atoms with van der Waals surface area (Å²) in [4.78, 5) is 17.9. The van der Waals surface area contributed by atoms with E-state index in [1.54, 1.807) is 13.1 Å². The largest absolute Gasteiger partial charge is 0.369 e. The monoisotopic (exact) mass is 251 g/mol. The first kappa shape index (κ1) is 14.4. The Morgan fingerprint density at radius 1 is 1.56 bits per heavy atom. The van der Waals surface area contributed by atoms with Crippen LogP contribution in [0.2, 0.25) is 0 Å². The SMILES string of the molecule is CCO[C@H](C)C(=O)NCc1cccnc1N(C)C. The predicted molar refractivity (Wildman–Crippen MR) is 71.5 cm³/mol. The van der Waals surface area contributed by atoms with Gasteiger partial charge in [0, 0.05) is 39.0 Å². The van der Waals surface area contributed by atoms with E-state index in [-0.39, 0.29) is 5.91 Å². The number of pyridine rings is 1. The number of anilines is 1. The summed E-state index contributed by atoms with van der Waals surface area (Å²) in [7, 11) is 3.85. The number of carbonyl (C=O) groups excluding carboxylic acids is 1. The third kappa shape index (κ3) is 4.00. The van der Waals surface area contributed by atoms with Crippen LogP contribution in [0.5, 0.6) is 0 Å². The lowest BCUT2D eigenvalue weighted by molar-refractivity contribution is -0.131. The maximum atomic E-state index is 11.7. The molecule has 0 bridgehead atoms. The molecule has 1 N–H and O–H groups in total. The first-order valence-corrected chi connectivity index (χ1v) is 6.06. The number of carbonyl (C=O) groups is 1. The second-order valence-electron chi connectivity index (χ2n) is 4.20. The fourth-order valence-corrected chi connectivity index (χ4v) is 1.62. The summed E-state index contributed by atoms with van der Waals surface area (Å²) in [6, 6.07) is 3.81. The third-order valence-corrected chi connectivity index (χ3v) is 2.53. The van der Waals surface area contributed by atoms with E-state index in [1.807, 2.05) is 38.1 Å². The van der Waals surface area contributed by atoms with Crippen LogP contribution in [0.25, 0.3) is 0 Å². The maximum absolute atomic E-state index is 11.7. The van der Waals surface area contributed by atoms with Gasteiger partial charge in [0.25, 0.3) is 0 Å². The van der Waals surface area contributed by atoms with Gasteiger partial charge in [0.2, 0.25) is 5.91 Å². The molecule has 100 valence electrons. The van der Waals surface area contributed by atoms with Gasteiger partial charge < -0.3 is 15.0 Å². The molecule has 1 aromatic rings. The zero-order valence-corrected chi connectivity index (χ0v) is 11.4. The van der Waals surface area contributed by atoms with Crippen molar-refractivity contribution in [3.63, 3.8) is 0 Å². The lowest BCUT2D eigenvalue weighted by atomic mass is 10.2. The van der Waals surface area contributed by atoms with Crippen LogP contribution in [0.3, 0.4) is 0 Å². The Morgan fingerprint density at radius 3 is 2.89 bits per heavy atom. The molecule has 1 amide bonds. The molecule has 5 heteroatoms. The van der Waals surface area contributed by atoms with Crippen LogP contribution in [0.1, 0.15) is 19.4 Å². The van der Waals surface area contributed by atoms with Crippen molar-refractivity contribution in [2.75, 3.05) is 25.6 Å². The van der Waals surface area contributed by atoms with Gasteiger partial charge in [0.1, 0.15) is 11.9 Å². The highest BCUT2D eigenvalue weighted by Crippen LogP contribution is 2.13. The van der Waals surface area contributed by atoms with E-state index in [1.165, 1.54) is 0 Å². The van der Waals surface area contributed by atoms with E-state index in [4.69, 9.17) is 4.74 Å². The molecule has 0 saturated heterocycles. The van der Waals surface area contributed by atoms with Gasteiger partial charge in [-0.1, -0.05) is 6.07 Å². The Hall–Kier alpha value is -1.62. The molecule has 0 unspecified atom stereocenters. The minimum Gasteiger partial charge on any atom is -0.369 e. The highest BCUT2D eigenvalue weighted by Gasteiger charge is 2.13. The molecule has 0 radical (unpaired) electrons. The smallest absolute Gasteiger partial charge is 0.249 e. The van der Waals surface area contributed by atoms with E-state index < -0.39 is 6.10 Å². The highest BCUT2D eigenvalue weighted by molar-refractivity contribution is 5.80. The van der Waals surface area contributed by atoms with Crippen LogP contribution < -0.4 is 10.2 Å². The van der Waals surface area contributed by atoms with E-state index in [0.29, 0.717) is 13.2 Å². The Bertz CT molecular complexity index is 394. The number of amides is 1. The van der Waals surface area contributed by atoms with Crippen LogP contribution in [-0.2, 0) is 16.1 Å². The van der Waals surface area contributed by atoms with Gasteiger partial charge in [0.05, 0.1) is 0 Å². The van der Waals surface area contributed by atoms with Crippen LogP contribution in [0.4, 0.5) is 5.82 Å². The Labute approximate surface area is 108 Å². The Balaban J connectivity index is 2.61. The first-order chi connectivity index (χ1) is 8.56. The molecule has 0 aliphatic rings. The van der Waals surface area contributed by atoms with Crippen LogP contribution in [-0.4, -0.2) is 37.7 Å². The molecule has 0 aromatic carbocycles. The van der Waals surface area contributed by atoms with Crippen molar-refractivity contribution in [2.45, 2.75) is 26.5 Å². The number of rotatable bonds is 6. The van der Waals surface area contributed by atoms with Gasteiger partial charge in [-0.25, -0.2) is 4.98 Å². The van der Waals surface area contributed by atoms with Crippen molar-refractivity contribution < 1.29 is 9.53 Å². The summed E-state index contributed by atoms with van der Waals surface area (Å²) >= 11 is 0. The van der Waals surface area contributed by atoms with Crippen LogP contribution in [0, 0.1) is 0 Å². The van der Waals surface area contributed by atoms with Crippen LogP contribution in [0.15, 0.2) is 18.3 Å². The molecule has 1 heterocycles. The molecular weight excluding hydrogens is 230 g/mol. The minimum absolute atomic E-state index is 0.106. The molecule has 0 aliphatic heterocycles. The Morgan fingerprint density at radius 2 is 2.28 bits per heavy atom. The number of nitrogens with zero attached hydrogens (tertiary/aromatic N) is 2. The van der Waals surface area contributed by atoms with Crippen molar-refractivity contribution in [3.8, 4) is 0 Å². The van der Waals surface area contributed by atoms with Crippen molar-refractivity contribution >= 4 is 11.7 Å². The summed E-state index contributed by atoms with van der Waals surface area (Å²) < 4.78 is 5.23. The minimum atomic E-state index is -0.422. The van der Waals surface area contributed by atoms with E-state index in [9.17, 15) is 4.79 Å². The summed E-state index contributed by atoms with van der Waals surface area (Å²) in [5.74, 6) is 0.757. The van der Waals surface area contributed by atoms with Gasteiger partial charge in [-0.15, -0.1) is 0 Å². The molecule has 1 atom stereocenters. The molecule has 5 nitrogen and oxygen atoms in total. The summed E-state index contributed by atoms with van der Waals surface area (Å²) in [5.41, 5.74) is 0.986. The van der Waals surface area contributed by atoms with Gasteiger partial charge in [-0.2, -0.15) is 0 Å². The van der Waals surface area contributed by atoms with Crippen molar-refractivity contribution in [3.05, 3.63) is 23.9 Å². The molecule has 0 fully saturated rings. The molecule has 18 heavy (non-hydrogen) atoms. The molecule has 0 saturated carbocycles. The van der Waals surface area contributed by atoms with Crippen LogP contribution >= 0.6 is 0 Å². The van der Waals surface area contributed by atoms with E-state index in [2.05, 4.69) is 10.3 Å². The van der Waals surface area contributed by atoms with Gasteiger partial charge in [-0.3, -0.25) is 4.79 Å². The van der Waals surface area contributed by atoms with Gasteiger partial charge in [-0.05, 0) is 19.9 Å². The molecule has 1 aromatic heterocycles. The zero-order chi connectivity index (χ0) is 13.5. The average molecular weight is 251 g/mol. The topological polar surface area (TPSA) is 54.5 Å². The summed E-state index contributed by atoms with van der Waals surface area (Å²) in [6.45, 7) is 4.60. The van der Waals surface area contributed by atoms with Crippen molar-refractivity contribution in [1.82, 2.24) is 10.3 Å². The maximum Gasteiger partial charge on any atom is 0.249 e. The normalized spacial score (nSPS) is 12.0. The highest BCUT2D eigenvalue weighted by atomic mass is 16.5. The van der Waals surface area contributed by atoms with Crippen molar-refractivity contribution in [1.29, 1.82) is 0 Å². The second-order valence-corrected chi connectivity index (χ2v) is 4.20. The number of aromatic nitrogens is 1. The number of nitrogens with one attached hydrogen (secondary N) is 1. The third-order valence-electron chi connectivity index (χ3n) is 2.53. The molecule has 0 aliphatic carbocycles. The lowest BCUT2D eigenvalue weighted by Gasteiger charge is -2.17. The Kier molecular flexibility index (Phi) is 5.58. The zero-order valence-electron chi connectivity index (χ0n) is 11.4. The molecular formula is C13H21N3O2. The quantitative estimate of drug-likeness (QED) is 0.825. The average Bonchev–Trinajstić information content (AvgIpc) is 2.36. The second kappa shape index (κ2) is 6.96. The number of hydrogen-bond donors (Lipinski definition) is 1. The molecule has 0 spiro atoms. The predicted octanol–water partition coefficient (Wildman–Crippen LogP) is 1.19. The number of ether oxygens (including phenoxy) is 1. The lowest BCUT2D eigenvalue weighted by Crippen LogP contribution is -2.34. The first-order valence-electron chi connectivity index (χ1n) is 6.06. The van der Waals surface area contributed by atoms with E-state index >= 15 is 0 Å². The fraction of sp³-hybridized carbons (Fsp3) is 0.538. The fourth-order valence-electron chi connectivity index (χ4n) is 1.62. The molecule has 1 rings (SSSR count). The van der Waals surface area contributed by atoms with E-state index in [0.717, 1.165) is 11.4 Å². The number of hydrogen-bond acceptors (Lipinski definition) is 4. The summed E-state index contributed by atoms with van der Waals surface area (Å²) in [5, 5.41) is 2.85. The van der Waals surface area contributed by atoms with Gasteiger partial charge in [0.15, 0.2) is 0 Å². The van der Waals surface area contributed by atoms with Crippen molar-refractivity contribution in [2.24, 2.45) is 0 Å². The standard InChI is InChI=1S/C13H21N3O2/c1-5-18-10(2)13(17)15-9-11-7-6-8-14-12(11)16(3)4/h6-8,10H,5,9H2,1-4H3,(H,15,17)/t10-/m1/s1. The summed E-state index contributed by atoms with van der Waals surface area (Å²) in [6.07, 6.45) is 1.32.